The average molecular weight is 288 g/mol. The van der Waals surface area contributed by atoms with Crippen molar-refractivity contribution >= 4 is 12.0 Å². The topological polar surface area (TPSA) is 46.5 Å². The zero-order valence-corrected chi connectivity index (χ0v) is 12.8. The van der Waals surface area contributed by atoms with Crippen LogP contribution in [0, 0.1) is 5.41 Å². The highest BCUT2D eigenvalue weighted by Gasteiger charge is 2.26. The van der Waals surface area contributed by atoms with Gasteiger partial charge in [0.1, 0.15) is 0 Å². The summed E-state index contributed by atoms with van der Waals surface area (Å²) in [5.41, 5.74) is 2.49. The second-order valence-corrected chi connectivity index (χ2v) is 6.59. The lowest BCUT2D eigenvalue weighted by Crippen LogP contribution is -2.26. The Kier molecular flexibility index (Phi) is 5.18. The van der Waals surface area contributed by atoms with Crippen LogP contribution >= 0.6 is 0 Å². The van der Waals surface area contributed by atoms with Gasteiger partial charge >= 0.3 is 5.97 Å². The van der Waals surface area contributed by atoms with Crippen molar-refractivity contribution in [2.24, 2.45) is 5.41 Å². The summed E-state index contributed by atoms with van der Waals surface area (Å²) in [5.74, 6) is -0.928. The Morgan fingerprint density at radius 2 is 1.90 bits per heavy atom. The number of rotatable bonds is 5. The summed E-state index contributed by atoms with van der Waals surface area (Å²) in [4.78, 5) is 10.5. The summed E-state index contributed by atoms with van der Waals surface area (Å²) < 4.78 is 5.99. The molecule has 1 aliphatic carbocycles. The first-order valence-electron chi connectivity index (χ1n) is 7.56. The normalized spacial score (nSPS) is 19.0. The van der Waals surface area contributed by atoms with Crippen molar-refractivity contribution in [3.05, 3.63) is 41.5 Å². The first-order valence-corrected chi connectivity index (χ1v) is 7.56. The van der Waals surface area contributed by atoms with E-state index in [1.165, 1.54) is 12.8 Å². The number of hydrogen-bond acceptors (Lipinski definition) is 2. The molecule has 0 aliphatic heterocycles. The second-order valence-electron chi connectivity index (χ2n) is 6.59. The molecule has 0 spiro atoms. The van der Waals surface area contributed by atoms with Crippen LogP contribution in [0.25, 0.3) is 6.08 Å². The molecule has 0 unspecified atom stereocenters. The van der Waals surface area contributed by atoms with Crippen molar-refractivity contribution in [2.45, 2.75) is 52.2 Å². The number of ether oxygens (including phenoxy) is 1. The maximum atomic E-state index is 10.5. The van der Waals surface area contributed by atoms with Gasteiger partial charge in [-0.1, -0.05) is 38.1 Å². The van der Waals surface area contributed by atoms with E-state index in [-0.39, 0.29) is 0 Å². The predicted molar refractivity (Wildman–Crippen MR) is 83.9 cm³/mol. The van der Waals surface area contributed by atoms with Gasteiger partial charge in [-0.05, 0) is 48.3 Å². The average Bonchev–Trinajstić information content (AvgIpc) is 2.45. The molecule has 0 aromatic heterocycles. The summed E-state index contributed by atoms with van der Waals surface area (Å²) >= 11 is 0. The van der Waals surface area contributed by atoms with Crippen LogP contribution in [-0.4, -0.2) is 17.2 Å². The van der Waals surface area contributed by atoms with Gasteiger partial charge in [-0.3, -0.25) is 0 Å². The van der Waals surface area contributed by atoms with Crippen LogP contribution in [0.15, 0.2) is 30.3 Å². The molecule has 1 fully saturated rings. The molecule has 0 bridgehead atoms. The van der Waals surface area contributed by atoms with Gasteiger partial charge in [-0.2, -0.15) is 0 Å². The molecule has 21 heavy (non-hydrogen) atoms. The third-order valence-electron chi connectivity index (χ3n) is 4.17. The highest BCUT2D eigenvalue weighted by molar-refractivity contribution is 5.85. The quantitative estimate of drug-likeness (QED) is 0.823. The molecule has 1 N–H and O–H groups in total. The van der Waals surface area contributed by atoms with E-state index in [0.29, 0.717) is 18.1 Å². The zero-order valence-electron chi connectivity index (χ0n) is 12.8. The summed E-state index contributed by atoms with van der Waals surface area (Å²) in [7, 11) is 0. The van der Waals surface area contributed by atoms with Crippen molar-refractivity contribution in [3.63, 3.8) is 0 Å². The Morgan fingerprint density at radius 3 is 2.48 bits per heavy atom. The number of carbonyl (C=O) groups is 1. The first kappa shape index (κ1) is 15.8. The van der Waals surface area contributed by atoms with Crippen LogP contribution in [0.4, 0.5) is 0 Å². The smallest absolute Gasteiger partial charge is 0.328 e. The van der Waals surface area contributed by atoms with Gasteiger partial charge in [-0.15, -0.1) is 0 Å². The zero-order chi connectivity index (χ0) is 15.3. The predicted octanol–water partition coefficient (Wildman–Crippen LogP) is 4.27. The Morgan fingerprint density at radius 1 is 1.29 bits per heavy atom. The van der Waals surface area contributed by atoms with E-state index in [1.807, 2.05) is 24.3 Å². The molecule has 3 nitrogen and oxygen atoms in total. The number of benzene rings is 1. The van der Waals surface area contributed by atoms with E-state index >= 15 is 0 Å². The fourth-order valence-electron chi connectivity index (χ4n) is 2.65. The minimum absolute atomic E-state index is 0.379. The van der Waals surface area contributed by atoms with Gasteiger partial charge in [0.25, 0.3) is 0 Å². The SMILES string of the molecule is CC1(C)CCC(OCc2ccc(/C=C/C(=O)O)cc2)CC1. The van der Waals surface area contributed by atoms with Gasteiger partial charge in [-0.25, -0.2) is 4.79 Å². The van der Waals surface area contributed by atoms with Crippen molar-refractivity contribution in [2.75, 3.05) is 0 Å². The van der Waals surface area contributed by atoms with Crippen molar-refractivity contribution in [1.29, 1.82) is 0 Å². The Bertz CT molecular complexity index is 490. The molecule has 1 aromatic rings. The van der Waals surface area contributed by atoms with E-state index in [0.717, 1.165) is 30.0 Å². The Labute approximate surface area is 126 Å². The third-order valence-corrected chi connectivity index (χ3v) is 4.17. The Hall–Kier alpha value is -1.61. The molecule has 3 heteroatoms. The molecular weight excluding hydrogens is 264 g/mol. The van der Waals surface area contributed by atoms with Gasteiger partial charge in [0, 0.05) is 6.08 Å². The van der Waals surface area contributed by atoms with Gasteiger partial charge < -0.3 is 9.84 Å². The lowest BCUT2D eigenvalue weighted by atomic mass is 9.76. The van der Waals surface area contributed by atoms with Crippen molar-refractivity contribution in [3.8, 4) is 0 Å². The largest absolute Gasteiger partial charge is 0.478 e. The van der Waals surface area contributed by atoms with E-state index in [4.69, 9.17) is 9.84 Å². The van der Waals surface area contributed by atoms with Crippen molar-refractivity contribution < 1.29 is 14.6 Å². The molecule has 0 saturated heterocycles. The van der Waals surface area contributed by atoms with E-state index in [9.17, 15) is 4.79 Å². The van der Waals surface area contributed by atoms with E-state index < -0.39 is 5.97 Å². The number of aliphatic carboxylic acids is 1. The fourth-order valence-corrected chi connectivity index (χ4v) is 2.65. The molecule has 2 rings (SSSR count). The minimum Gasteiger partial charge on any atom is -0.478 e. The Balaban J connectivity index is 1.80. The lowest BCUT2D eigenvalue weighted by molar-refractivity contribution is -0.131. The standard InChI is InChI=1S/C18H24O3/c1-18(2)11-9-16(10-12-18)21-13-15-5-3-14(4-6-15)7-8-17(19)20/h3-8,16H,9-13H2,1-2H3,(H,19,20)/b8-7+. The third kappa shape index (κ3) is 5.35. The number of carboxylic acid groups (broad SMARTS) is 1. The van der Waals surface area contributed by atoms with E-state index in [1.54, 1.807) is 6.08 Å². The fraction of sp³-hybridized carbons (Fsp3) is 0.500. The van der Waals surface area contributed by atoms with Gasteiger partial charge in [0.15, 0.2) is 0 Å². The number of hydrogen-bond donors (Lipinski definition) is 1. The van der Waals surface area contributed by atoms with Crippen LogP contribution in [0.5, 0.6) is 0 Å². The van der Waals surface area contributed by atoms with Crippen LogP contribution in [0.1, 0.15) is 50.7 Å². The molecule has 0 heterocycles. The maximum absolute atomic E-state index is 10.5. The van der Waals surface area contributed by atoms with E-state index in [2.05, 4.69) is 13.8 Å². The van der Waals surface area contributed by atoms with Crippen LogP contribution in [0.2, 0.25) is 0 Å². The summed E-state index contributed by atoms with van der Waals surface area (Å²) in [5, 5.41) is 8.59. The summed E-state index contributed by atoms with van der Waals surface area (Å²) in [6.07, 6.45) is 7.88. The van der Waals surface area contributed by atoms with Crippen LogP contribution in [0.3, 0.4) is 0 Å². The summed E-state index contributed by atoms with van der Waals surface area (Å²) in [6.45, 7) is 5.28. The second kappa shape index (κ2) is 6.90. The van der Waals surface area contributed by atoms with Crippen molar-refractivity contribution in [1.82, 2.24) is 0 Å². The first-order chi connectivity index (χ1) is 9.94. The molecule has 0 amide bonds. The maximum Gasteiger partial charge on any atom is 0.328 e. The molecular formula is C18H24O3. The highest BCUT2D eigenvalue weighted by atomic mass is 16.5. The number of carboxylic acids is 1. The molecule has 1 saturated carbocycles. The van der Waals surface area contributed by atoms with Gasteiger partial charge in [0.05, 0.1) is 12.7 Å². The molecule has 1 aromatic carbocycles. The van der Waals surface area contributed by atoms with Crippen LogP contribution in [-0.2, 0) is 16.1 Å². The lowest BCUT2D eigenvalue weighted by Gasteiger charge is -2.34. The monoisotopic (exact) mass is 288 g/mol. The molecule has 0 atom stereocenters. The van der Waals surface area contributed by atoms with Crippen LogP contribution < -0.4 is 0 Å². The summed E-state index contributed by atoms with van der Waals surface area (Å²) in [6, 6.07) is 7.83. The molecule has 114 valence electrons. The molecule has 0 radical (unpaired) electrons. The minimum atomic E-state index is -0.928. The van der Waals surface area contributed by atoms with Gasteiger partial charge in [0.2, 0.25) is 0 Å². The molecule has 1 aliphatic rings. The highest BCUT2D eigenvalue weighted by Crippen LogP contribution is 2.36.